The first-order valence-electron chi connectivity index (χ1n) is 7.62. The number of hydrogen-bond acceptors (Lipinski definition) is 2. The molecule has 0 spiro atoms. The van der Waals surface area contributed by atoms with Crippen LogP contribution in [-0.4, -0.2) is 19.1 Å². The van der Waals surface area contributed by atoms with E-state index in [1.807, 2.05) is 6.92 Å². The molecule has 0 heterocycles. The first-order valence-corrected chi connectivity index (χ1v) is 7.62. The lowest BCUT2D eigenvalue weighted by Crippen LogP contribution is -2.26. The number of unbranched alkanes of at least 4 members (excludes halogenated alkanes) is 1. The minimum absolute atomic E-state index is 0.121. The fourth-order valence-corrected chi connectivity index (χ4v) is 2.35. The van der Waals surface area contributed by atoms with E-state index in [2.05, 4.69) is 12.2 Å². The highest BCUT2D eigenvalue weighted by Gasteiger charge is 2.21. The largest absolute Gasteiger partial charge is 0.367 e. The van der Waals surface area contributed by atoms with E-state index < -0.39 is 11.6 Å². The third kappa shape index (κ3) is 3.92. The average Bonchev–Trinajstić information content (AvgIpc) is 3.23. The summed E-state index contributed by atoms with van der Waals surface area (Å²) in [5.74, 6) is -0.897. The molecule has 0 radical (unpaired) electrons. The highest BCUT2D eigenvalue weighted by atomic mass is 19.1. The van der Waals surface area contributed by atoms with Crippen LogP contribution in [0.1, 0.15) is 45.1 Å². The maximum Gasteiger partial charge on any atom is 0.149 e. The molecule has 4 heteroatoms. The van der Waals surface area contributed by atoms with Crippen molar-refractivity contribution in [2.24, 2.45) is 0 Å². The van der Waals surface area contributed by atoms with Crippen molar-refractivity contribution in [2.75, 3.05) is 18.0 Å². The third-order valence-corrected chi connectivity index (χ3v) is 3.73. The Morgan fingerprint density at radius 1 is 1.20 bits per heavy atom. The SMILES string of the molecule is CCCCN(CC)c1c(F)cc(CNC2CC2)cc1F. The molecule has 0 aliphatic heterocycles. The topological polar surface area (TPSA) is 15.3 Å². The van der Waals surface area contributed by atoms with Gasteiger partial charge in [-0.05, 0) is 43.9 Å². The smallest absolute Gasteiger partial charge is 0.149 e. The van der Waals surface area contributed by atoms with Gasteiger partial charge in [0.2, 0.25) is 0 Å². The predicted octanol–water partition coefficient (Wildman–Crippen LogP) is 3.84. The summed E-state index contributed by atoms with van der Waals surface area (Å²) >= 11 is 0. The Labute approximate surface area is 120 Å². The molecule has 0 saturated heterocycles. The Hall–Kier alpha value is -1.16. The molecule has 1 aromatic carbocycles. The van der Waals surface area contributed by atoms with Gasteiger partial charge in [0.25, 0.3) is 0 Å². The third-order valence-electron chi connectivity index (χ3n) is 3.73. The van der Waals surface area contributed by atoms with Crippen molar-refractivity contribution in [3.05, 3.63) is 29.3 Å². The molecule has 0 aromatic heterocycles. The van der Waals surface area contributed by atoms with Gasteiger partial charge in [0.05, 0.1) is 0 Å². The molecule has 1 saturated carbocycles. The molecule has 1 N–H and O–H groups in total. The number of benzene rings is 1. The second-order valence-electron chi connectivity index (χ2n) is 5.50. The van der Waals surface area contributed by atoms with Crippen molar-refractivity contribution < 1.29 is 8.78 Å². The van der Waals surface area contributed by atoms with Gasteiger partial charge in [-0.1, -0.05) is 13.3 Å². The molecule has 0 atom stereocenters. The Kier molecular flexibility index (Phi) is 5.35. The van der Waals surface area contributed by atoms with Gasteiger partial charge in [0.1, 0.15) is 17.3 Å². The Balaban J connectivity index is 2.11. The summed E-state index contributed by atoms with van der Waals surface area (Å²) < 4.78 is 28.4. The van der Waals surface area contributed by atoms with E-state index in [9.17, 15) is 8.78 Å². The number of rotatable bonds is 8. The summed E-state index contributed by atoms with van der Waals surface area (Å²) in [6.07, 6.45) is 4.30. The van der Waals surface area contributed by atoms with E-state index in [0.717, 1.165) is 12.8 Å². The first kappa shape index (κ1) is 15.2. The zero-order valence-corrected chi connectivity index (χ0v) is 12.4. The van der Waals surface area contributed by atoms with Crippen molar-refractivity contribution >= 4 is 5.69 Å². The van der Waals surface area contributed by atoms with Crippen LogP contribution < -0.4 is 10.2 Å². The first-order chi connectivity index (χ1) is 9.65. The molecular formula is C16H24F2N2. The van der Waals surface area contributed by atoms with E-state index >= 15 is 0 Å². The zero-order valence-electron chi connectivity index (χ0n) is 12.4. The number of nitrogens with one attached hydrogen (secondary N) is 1. The van der Waals surface area contributed by atoms with Crippen molar-refractivity contribution in [1.82, 2.24) is 5.32 Å². The van der Waals surface area contributed by atoms with E-state index in [1.54, 1.807) is 4.90 Å². The van der Waals surface area contributed by atoms with Crippen molar-refractivity contribution in [1.29, 1.82) is 0 Å². The van der Waals surface area contributed by atoms with Gasteiger partial charge in [0.15, 0.2) is 0 Å². The molecule has 2 rings (SSSR count). The van der Waals surface area contributed by atoms with E-state index in [4.69, 9.17) is 0 Å². The molecule has 1 fully saturated rings. The summed E-state index contributed by atoms with van der Waals surface area (Å²) in [4.78, 5) is 1.78. The lowest BCUT2D eigenvalue weighted by Gasteiger charge is -2.24. The van der Waals surface area contributed by atoms with Crippen LogP contribution >= 0.6 is 0 Å². The normalized spacial score (nSPS) is 14.6. The number of nitrogens with zero attached hydrogens (tertiary/aromatic N) is 1. The zero-order chi connectivity index (χ0) is 14.5. The molecule has 1 aliphatic carbocycles. The quantitative estimate of drug-likeness (QED) is 0.779. The maximum atomic E-state index is 14.2. The molecule has 2 nitrogen and oxygen atoms in total. The molecule has 0 amide bonds. The highest BCUT2D eigenvalue weighted by Crippen LogP contribution is 2.26. The summed E-state index contributed by atoms with van der Waals surface area (Å²) in [5.41, 5.74) is 0.804. The van der Waals surface area contributed by atoms with Gasteiger partial charge in [0, 0.05) is 25.7 Å². The van der Waals surface area contributed by atoms with Gasteiger partial charge >= 0.3 is 0 Å². The number of hydrogen-bond donors (Lipinski definition) is 1. The molecule has 1 aromatic rings. The predicted molar refractivity (Wildman–Crippen MR) is 79.0 cm³/mol. The Morgan fingerprint density at radius 3 is 2.35 bits per heavy atom. The van der Waals surface area contributed by atoms with Gasteiger partial charge in [-0.2, -0.15) is 0 Å². The minimum Gasteiger partial charge on any atom is -0.367 e. The van der Waals surface area contributed by atoms with Crippen molar-refractivity contribution in [3.63, 3.8) is 0 Å². The van der Waals surface area contributed by atoms with Crippen molar-refractivity contribution in [3.8, 4) is 0 Å². The van der Waals surface area contributed by atoms with Gasteiger partial charge in [-0.15, -0.1) is 0 Å². The summed E-state index contributed by atoms with van der Waals surface area (Å²) in [6.45, 7) is 5.86. The highest BCUT2D eigenvalue weighted by molar-refractivity contribution is 5.50. The van der Waals surface area contributed by atoms with Crippen LogP contribution in [0.3, 0.4) is 0 Å². The molecule has 0 bridgehead atoms. The lowest BCUT2D eigenvalue weighted by molar-refractivity contribution is 0.561. The molecule has 20 heavy (non-hydrogen) atoms. The van der Waals surface area contributed by atoms with Crippen LogP contribution in [0.2, 0.25) is 0 Å². The molecule has 1 aliphatic rings. The van der Waals surface area contributed by atoms with E-state index in [-0.39, 0.29) is 5.69 Å². The fourth-order valence-electron chi connectivity index (χ4n) is 2.35. The Bertz CT molecular complexity index is 421. The number of anilines is 1. The monoisotopic (exact) mass is 282 g/mol. The lowest BCUT2D eigenvalue weighted by atomic mass is 10.1. The van der Waals surface area contributed by atoms with Crippen LogP contribution in [0, 0.1) is 11.6 Å². The van der Waals surface area contributed by atoms with Crippen LogP contribution in [0.25, 0.3) is 0 Å². The fraction of sp³-hybridized carbons (Fsp3) is 0.625. The minimum atomic E-state index is -0.449. The average molecular weight is 282 g/mol. The standard InChI is InChI=1S/C16H24F2N2/c1-3-5-8-20(4-2)16-14(17)9-12(10-15(16)18)11-19-13-6-7-13/h9-10,13,19H,3-8,11H2,1-2H3. The van der Waals surface area contributed by atoms with E-state index in [1.165, 1.54) is 25.0 Å². The molecular weight excluding hydrogens is 258 g/mol. The second-order valence-corrected chi connectivity index (χ2v) is 5.50. The Morgan fingerprint density at radius 2 is 1.85 bits per heavy atom. The van der Waals surface area contributed by atoms with Gasteiger partial charge in [-0.3, -0.25) is 0 Å². The summed E-state index contributed by atoms with van der Waals surface area (Å²) in [6, 6.07) is 3.46. The van der Waals surface area contributed by atoms with Crippen LogP contribution in [0.15, 0.2) is 12.1 Å². The van der Waals surface area contributed by atoms with Crippen LogP contribution in [0.4, 0.5) is 14.5 Å². The van der Waals surface area contributed by atoms with Crippen LogP contribution in [-0.2, 0) is 6.54 Å². The maximum absolute atomic E-state index is 14.2. The van der Waals surface area contributed by atoms with E-state index in [0.29, 0.717) is 31.2 Å². The molecule has 112 valence electrons. The second kappa shape index (κ2) is 7.02. The van der Waals surface area contributed by atoms with Gasteiger partial charge < -0.3 is 10.2 Å². The summed E-state index contributed by atoms with van der Waals surface area (Å²) in [7, 11) is 0. The van der Waals surface area contributed by atoms with Crippen LogP contribution in [0.5, 0.6) is 0 Å². The molecule has 0 unspecified atom stereocenters. The van der Waals surface area contributed by atoms with Gasteiger partial charge in [-0.25, -0.2) is 8.78 Å². The summed E-state index contributed by atoms with van der Waals surface area (Å²) in [5, 5.41) is 3.28. The number of halogens is 2. The van der Waals surface area contributed by atoms with Crippen molar-refractivity contribution in [2.45, 2.75) is 52.1 Å².